The van der Waals surface area contributed by atoms with E-state index in [4.69, 9.17) is 16.3 Å². The number of hydrogen-bond donors (Lipinski definition) is 0. The van der Waals surface area contributed by atoms with Gasteiger partial charge in [0.15, 0.2) is 0 Å². The third-order valence-corrected chi connectivity index (χ3v) is 3.26. The van der Waals surface area contributed by atoms with Crippen molar-refractivity contribution in [2.75, 3.05) is 6.61 Å². The number of nitro groups is 1. The second-order valence-electron chi connectivity index (χ2n) is 4.51. The number of rotatable bonds is 3. The van der Waals surface area contributed by atoms with E-state index < -0.39 is 4.92 Å². The van der Waals surface area contributed by atoms with E-state index in [2.05, 4.69) is 4.98 Å². The smallest absolute Gasteiger partial charge is 0.373 e. The van der Waals surface area contributed by atoms with Crippen LogP contribution in [0.3, 0.4) is 0 Å². The molecule has 6 nitrogen and oxygen atoms in total. The van der Waals surface area contributed by atoms with Crippen molar-refractivity contribution in [2.24, 2.45) is 0 Å². The maximum absolute atomic E-state index is 10.6. The number of hydrogen-bond acceptors (Lipinski definition) is 4. The standard InChI is InChI=1S/C10H14ClN3O3/c1-10(4-2-3-5-17-10)7-13-6-8(14(15)16)12-9(13)11/h6H,2-5,7H2,1H3/t10-/m0/s1. The molecule has 0 saturated carbocycles. The van der Waals surface area contributed by atoms with Gasteiger partial charge in [-0.15, -0.1) is 0 Å². The van der Waals surface area contributed by atoms with Crippen LogP contribution in [-0.2, 0) is 11.3 Å². The Kier molecular flexibility index (Phi) is 3.35. The van der Waals surface area contributed by atoms with Gasteiger partial charge in [0.1, 0.15) is 6.20 Å². The van der Waals surface area contributed by atoms with Crippen LogP contribution in [0.2, 0.25) is 5.28 Å². The van der Waals surface area contributed by atoms with E-state index in [1.165, 1.54) is 6.20 Å². The first-order valence-electron chi connectivity index (χ1n) is 5.51. The van der Waals surface area contributed by atoms with Crippen LogP contribution in [0, 0.1) is 10.1 Å². The summed E-state index contributed by atoms with van der Waals surface area (Å²) in [5.74, 6) is -0.227. The molecule has 1 atom stereocenters. The molecule has 0 aliphatic carbocycles. The van der Waals surface area contributed by atoms with E-state index in [0.29, 0.717) is 6.54 Å². The van der Waals surface area contributed by atoms with Crippen molar-refractivity contribution in [2.45, 2.75) is 38.3 Å². The molecule has 0 bridgehead atoms. The van der Waals surface area contributed by atoms with Crippen molar-refractivity contribution in [1.29, 1.82) is 0 Å². The second kappa shape index (κ2) is 4.62. The van der Waals surface area contributed by atoms with Crippen LogP contribution in [0.5, 0.6) is 0 Å². The van der Waals surface area contributed by atoms with Gasteiger partial charge in [0.2, 0.25) is 0 Å². The lowest BCUT2D eigenvalue weighted by atomic mass is 9.96. The molecule has 0 amide bonds. The van der Waals surface area contributed by atoms with Crippen molar-refractivity contribution in [3.63, 3.8) is 0 Å². The van der Waals surface area contributed by atoms with Gasteiger partial charge in [-0.25, -0.2) is 0 Å². The SMILES string of the molecule is C[C@@]1(Cn2cc([N+](=O)[O-])nc2Cl)CCCCO1. The summed E-state index contributed by atoms with van der Waals surface area (Å²) < 4.78 is 7.29. The monoisotopic (exact) mass is 259 g/mol. The number of aromatic nitrogens is 2. The van der Waals surface area contributed by atoms with Gasteiger partial charge in [0.25, 0.3) is 0 Å². The van der Waals surface area contributed by atoms with Gasteiger partial charge >= 0.3 is 11.1 Å². The van der Waals surface area contributed by atoms with E-state index in [-0.39, 0.29) is 16.7 Å². The van der Waals surface area contributed by atoms with Crippen molar-refractivity contribution < 1.29 is 9.66 Å². The Morgan fingerprint density at radius 2 is 2.47 bits per heavy atom. The second-order valence-corrected chi connectivity index (χ2v) is 4.85. The van der Waals surface area contributed by atoms with Crippen molar-refractivity contribution in [3.05, 3.63) is 21.6 Å². The van der Waals surface area contributed by atoms with Gasteiger partial charge < -0.3 is 14.9 Å². The summed E-state index contributed by atoms with van der Waals surface area (Å²) in [6.45, 7) is 3.21. The Morgan fingerprint density at radius 1 is 1.71 bits per heavy atom. The zero-order chi connectivity index (χ0) is 12.5. The van der Waals surface area contributed by atoms with Crippen LogP contribution >= 0.6 is 11.6 Å². The maximum atomic E-state index is 10.6. The quantitative estimate of drug-likeness (QED) is 0.617. The highest BCUT2D eigenvalue weighted by molar-refractivity contribution is 6.28. The molecule has 1 aromatic rings. The highest BCUT2D eigenvalue weighted by atomic mass is 35.5. The zero-order valence-corrected chi connectivity index (χ0v) is 10.3. The summed E-state index contributed by atoms with van der Waals surface area (Å²) in [4.78, 5) is 13.7. The summed E-state index contributed by atoms with van der Waals surface area (Å²) in [5, 5.41) is 10.7. The first-order valence-corrected chi connectivity index (χ1v) is 5.89. The van der Waals surface area contributed by atoms with Gasteiger partial charge in [0, 0.05) is 6.61 Å². The Bertz CT molecular complexity index is 426. The molecule has 2 heterocycles. The van der Waals surface area contributed by atoms with Crippen molar-refractivity contribution in [1.82, 2.24) is 9.55 Å². The Morgan fingerprint density at radius 3 is 3.00 bits per heavy atom. The molecule has 0 N–H and O–H groups in total. The molecular formula is C10H14ClN3O3. The van der Waals surface area contributed by atoms with Crippen LogP contribution in [0.15, 0.2) is 6.20 Å². The van der Waals surface area contributed by atoms with Gasteiger partial charge in [-0.2, -0.15) is 0 Å². The highest BCUT2D eigenvalue weighted by Gasteiger charge is 2.30. The molecule has 1 aliphatic heterocycles. The third-order valence-electron chi connectivity index (χ3n) is 2.96. The zero-order valence-electron chi connectivity index (χ0n) is 9.56. The predicted molar refractivity (Wildman–Crippen MR) is 62.1 cm³/mol. The molecule has 7 heteroatoms. The van der Waals surface area contributed by atoms with Crippen LogP contribution < -0.4 is 0 Å². The van der Waals surface area contributed by atoms with Gasteiger partial charge in [-0.3, -0.25) is 4.57 Å². The first-order chi connectivity index (χ1) is 8.00. The van der Waals surface area contributed by atoms with E-state index >= 15 is 0 Å². The molecule has 1 saturated heterocycles. The van der Waals surface area contributed by atoms with E-state index in [1.807, 2.05) is 6.92 Å². The molecule has 1 aliphatic rings. The molecule has 0 unspecified atom stereocenters. The predicted octanol–water partition coefficient (Wildman–Crippen LogP) is 2.40. The minimum absolute atomic E-state index is 0.132. The minimum atomic E-state index is -0.549. The van der Waals surface area contributed by atoms with E-state index in [1.54, 1.807) is 4.57 Å². The molecule has 94 valence electrons. The normalized spacial score (nSPS) is 24.8. The van der Waals surface area contributed by atoms with Crippen molar-refractivity contribution in [3.8, 4) is 0 Å². The summed E-state index contributed by atoms with van der Waals surface area (Å²) in [7, 11) is 0. The van der Waals surface area contributed by atoms with Crippen LogP contribution in [-0.4, -0.2) is 26.7 Å². The van der Waals surface area contributed by atoms with Crippen LogP contribution in [0.1, 0.15) is 26.2 Å². The topological polar surface area (TPSA) is 70.2 Å². The average Bonchev–Trinajstić information content (AvgIpc) is 2.61. The van der Waals surface area contributed by atoms with Gasteiger partial charge in [-0.05, 0) is 47.7 Å². The Labute approximate surface area is 104 Å². The number of halogens is 1. The van der Waals surface area contributed by atoms with Gasteiger partial charge in [-0.1, -0.05) is 0 Å². The summed E-state index contributed by atoms with van der Waals surface area (Å²) in [6, 6.07) is 0. The maximum Gasteiger partial charge on any atom is 0.383 e. The molecule has 0 spiro atoms. The summed E-state index contributed by atoms with van der Waals surface area (Å²) in [5.41, 5.74) is -0.309. The lowest BCUT2D eigenvalue weighted by Gasteiger charge is -2.33. The molecule has 0 radical (unpaired) electrons. The molecule has 1 aromatic heterocycles. The van der Waals surface area contributed by atoms with Crippen LogP contribution in [0.4, 0.5) is 5.82 Å². The number of nitrogens with zero attached hydrogens (tertiary/aromatic N) is 3. The first kappa shape index (κ1) is 12.3. The highest BCUT2D eigenvalue weighted by Crippen LogP contribution is 2.28. The molecule has 1 fully saturated rings. The Balaban J connectivity index is 2.14. The van der Waals surface area contributed by atoms with Crippen molar-refractivity contribution >= 4 is 17.4 Å². The summed E-state index contributed by atoms with van der Waals surface area (Å²) in [6.07, 6.45) is 4.44. The minimum Gasteiger partial charge on any atom is -0.373 e. The average molecular weight is 260 g/mol. The molecule has 2 rings (SSSR count). The lowest BCUT2D eigenvalue weighted by Crippen LogP contribution is -2.37. The largest absolute Gasteiger partial charge is 0.383 e. The Hall–Kier alpha value is -1.14. The van der Waals surface area contributed by atoms with E-state index in [0.717, 1.165) is 25.9 Å². The van der Waals surface area contributed by atoms with Gasteiger partial charge in [0.05, 0.1) is 12.1 Å². The fraction of sp³-hybridized carbons (Fsp3) is 0.700. The number of imidazole rings is 1. The molecule has 17 heavy (non-hydrogen) atoms. The molecule has 0 aromatic carbocycles. The van der Waals surface area contributed by atoms with E-state index in [9.17, 15) is 10.1 Å². The fourth-order valence-corrected chi connectivity index (χ4v) is 2.25. The number of ether oxygens (including phenoxy) is 1. The third kappa shape index (κ3) is 2.76. The fourth-order valence-electron chi connectivity index (χ4n) is 2.06. The molecular weight excluding hydrogens is 246 g/mol. The lowest BCUT2D eigenvalue weighted by molar-refractivity contribution is -0.389. The summed E-state index contributed by atoms with van der Waals surface area (Å²) >= 11 is 5.86. The van der Waals surface area contributed by atoms with Crippen LogP contribution in [0.25, 0.3) is 0 Å².